The largest absolute Gasteiger partial charge is 0.273 e. The van der Waals surface area contributed by atoms with Gasteiger partial charge in [0.05, 0.1) is 11.1 Å². The summed E-state index contributed by atoms with van der Waals surface area (Å²) in [5.74, 6) is 4.77. The van der Waals surface area contributed by atoms with Crippen LogP contribution in [0.3, 0.4) is 0 Å². The Balaban J connectivity index is 1.85. The Morgan fingerprint density at radius 3 is 3.14 bits per heavy atom. The number of nitrogens with zero attached hydrogens (tertiary/aromatic N) is 1. The number of rotatable bonds is 2. The average molecular weight is 304 g/mol. The predicted octanol–water partition coefficient (Wildman–Crippen LogP) is 3.42. The number of aryl methyl sites for hydroxylation is 1. The van der Waals surface area contributed by atoms with E-state index in [4.69, 9.17) is 6.42 Å². The maximum atomic E-state index is 5.48. The molecule has 0 fully saturated rings. The van der Waals surface area contributed by atoms with Gasteiger partial charge in [-0.15, -0.1) is 23.2 Å². The third kappa shape index (κ3) is 2.20. The van der Waals surface area contributed by atoms with E-state index in [0.29, 0.717) is 0 Å². The molecular formula is C18H14N3S+. The summed E-state index contributed by atoms with van der Waals surface area (Å²) in [7, 11) is 0. The van der Waals surface area contributed by atoms with E-state index in [9.17, 15) is 0 Å². The highest BCUT2D eigenvalue weighted by Gasteiger charge is 2.21. The van der Waals surface area contributed by atoms with E-state index in [0.717, 1.165) is 34.8 Å². The second-order valence-electron chi connectivity index (χ2n) is 5.16. The van der Waals surface area contributed by atoms with Crippen LogP contribution in [0.15, 0.2) is 47.6 Å². The van der Waals surface area contributed by atoms with Gasteiger partial charge in [0.15, 0.2) is 5.52 Å². The van der Waals surface area contributed by atoms with E-state index in [2.05, 4.69) is 33.3 Å². The number of H-pyrrole nitrogens is 1. The molecule has 0 unspecified atom stereocenters. The Labute approximate surface area is 133 Å². The molecule has 0 radical (unpaired) electrons. The van der Waals surface area contributed by atoms with Gasteiger partial charge in [0, 0.05) is 16.2 Å². The van der Waals surface area contributed by atoms with Crippen molar-refractivity contribution in [3.8, 4) is 12.3 Å². The maximum Gasteiger partial charge on any atom is 0.235 e. The Morgan fingerprint density at radius 1 is 1.27 bits per heavy atom. The first kappa shape index (κ1) is 13.2. The fraction of sp³-hybridized carbons (Fsp3) is 0.111. The molecular weight excluding hydrogens is 290 g/mol. The van der Waals surface area contributed by atoms with E-state index in [1.165, 1.54) is 15.8 Å². The fourth-order valence-electron chi connectivity index (χ4n) is 2.82. The van der Waals surface area contributed by atoms with Crippen molar-refractivity contribution in [1.82, 2.24) is 4.98 Å². The monoisotopic (exact) mass is 304 g/mol. The van der Waals surface area contributed by atoms with Crippen LogP contribution in [0.1, 0.15) is 11.1 Å². The number of hydrogen-bond acceptors (Lipinski definition) is 3. The lowest BCUT2D eigenvalue weighted by Crippen LogP contribution is -2.12. The smallest absolute Gasteiger partial charge is 0.235 e. The third-order valence-electron chi connectivity index (χ3n) is 3.82. The molecule has 2 N–H and O–H groups in total. The molecule has 4 rings (SSSR count). The summed E-state index contributed by atoms with van der Waals surface area (Å²) in [6, 6.07) is 12.1. The quantitative estimate of drug-likeness (QED) is 0.737. The summed E-state index contributed by atoms with van der Waals surface area (Å²) in [6.45, 7) is 0. The summed E-state index contributed by atoms with van der Waals surface area (Å²) < 4.78 is 0. The number of aromatic amines is 1. The summed E-state index contributed by atoms with van der Waals surface area (Å²) >= 11 is 1.91. The lowest BCUT2D eigenvalue weighted by Gasteiger charge is -2.07. The number of aromatic nitrogens is 2. The molecule has 3 aromatic rings. The zero-order chi connectivity index (χ0) is 14.9. The van der Waals surface area contributed by atoms with Gasteiger partial charge in [-0.3, -0.25) is 5.32 Å². The normalized spacial score (nSPS) is 12.9. The zero-order valence-corrected chi connectivity index (χ0v) is 12.7. The van der Waals surface area contributed by atoms with Crippen LogP contribution in [0.5, 0.6) is 0 Å². The van der Waals surface area contributed by atoms with Crippen LogP contribution in [-0.2, 0) is 6.42 Å². The highest BCUT2D eigenvalue weighted by atomic mass is 32.2. The van der Waals surface area contributed by atoms with Gasteiger partial charge in [0.2, 0.25) is 12.1 Å². The van der Waals surface area contributed by atoms with Crippen molar-refractivity contribution >= 4 is 34.2 Å². The number of thioether (sulfide) groups is 1. The van der Waals surface area contributed by atoms with Crippen molar-refractivity contribution in [2.45, 2.75) is 11.3 Å². The summed E-state index contributed by atoms with van der Waals surface area (Å²) in [6.07, 6.45) is 8.28. The van der Waals surface area contributed by atoms with Gasteiger partial charge in [-0.1, -0.05) is 12.0 Å². The second-order valence-corrected chi connectivity index (χ2v) is 6.30. The molecule has 0 amide bonds. The number of terminal acetylenes is 1. The first-order valence-corrected chi connectivity index (χ1v) is 8.12. The molecule has 0 bridgehead atoms. The minimum Gasteiger partial charge on any atom is -0.273 e. The molecule has 2 heterocycles. The first-order chi connectivity index (χ1) is 10.8. The van der Waals surface area contributed by atoms with Gasteiger partial charge in [-0.2, -0.15) is 0 Å². The Hall–Kier alpha value is -2.51. The van der Waals surface area contributed by atoms with Crippen molar-refractivity contribution in [3.05, 3.63) is 53.9 Å². The van der Waals surface area contributed by atoms with Crippen molar-refractivity contribution < 1.29 is 4.98 Å². The first-order valence-electron chi connectivity index (χ1n) is 7.14. The molecule has 0 saturated heterocycles. The van der Waals surface area contributed by atoms with Crippen LogP contribution in [0.4, 0.5) is 11.5 Å². The molecule has 106 valence electrons. The number of anilines is 2. The number of hydrogen-bond donors (Lipinski definition) is 1. The van der Waals surface area contributed by atoms with Gasteiger partial charge in [-0.25, -0.2) is 4.98 Å². The molecule has 4 heteroatoms. The van der Waals surface area contributed by atoms with Crippen molar-refractivity contribution in [2.75, 3.05) is 11.1 Å². The fourth-order valence-corrected chi connectivity index (χ4v) is 3.89. The molecule has 1 aliphatic heterocycles. The molecule has 0 saturated carbocycles. The molecule has 0 atom stereocenters. The van der Waals surface area contributed by atoms with Crippen LogP contribution >= 0.6 is 11.8 Å². The molecule has 0 spiro atoms. The topological polar surface area (TPSA) is 39.1 Å². The van der Waals surface area contributed by atoms with Crippen molar-refractivity contribution in [1.29, 1.82) is 0 Å². The highest BCUT2D eigenvalue weighted by molar-refractivity contribution is 7.99. The van der Waals surface area contributed by atoms with Crippen LogP contribution in [0, 0.1) is 12.3 Å². The van der Waals surface area contributed by atoms with Crippen LogP contribution in [0.25, 0.3) is 10.9 Å². The molecule has 2 aromatic carbocycles. The van der Waals surface area contributed by atoms with E-state index < -0.39 is 0 Å². The number of benzene rings is 2. The third-order valence-corrected chi connectivity index (χ3v) is 4.92. The van der Waals surface area contributed by atoms with Crippen LogP contribution in [0.2, 0.25) is 0 Å². The molecule has 1 aromatic heterocycles. The van der Waals surface area contributed by atoms with E-state index in [1.807, 2.05) is 36.0 Å². The van der Waals surface area contributed by atoms with Crippen LogP contribution in [-0.4, -0.2) is 10.7 Å². The van der Waals surface area contributed by atoms with Gasteiger partial charge in [0.1, 0.15) is 0 Å². The standard InChI is InChI=1S/C18H13N3S/c1-2-12-4-3-5-13(10-12)21-18-17-14-8-9-22-16(14)7-6-15(17)19-11-20-18/h1,3-7,10-11H,8-9H2,(H,19,20,21)/p+1. The van der Waals surface area contributed by atoms with Gasteiger partial charge in [-0.05, 0) is 42.3 Å². The van der Waals surface area contributed by atoms with Crippen molar-refractivity contribution in [3.63, 3.8) is 0 Å². The summed E-state index contributed by atoms with van der Waals surface area (Å²) in [5.41, 5.74) is 4.23. The Kier molecular flexibility index (Phi) is 3.21. The van der Waals surface area contributed by atoms with E-state index >= 15 is 0 Å². The number of nitrogens with one attached hydrogen (secondary N) is 2. The van der Waals surface area contributed by atoms with Crippen molar-refractivity contribution in [2.24, 2.45) is 0 Å². The Bertz CT molecular complexity index is 912. The zero-order valence-electron chi connectivity index (χ0n) is 11.9. The average Bonchev–Trinajstić information content (AvgIpc) is 3.04. The summed E-state index contributed by atoms with van der Waals surface area (Å²) in [5, 5.41) is 4.63. The maximum absolute atomic E-state index is 5.48. The molecule has 0 aliphatic carbocycles. The lowest BCUT2D eigenvalue weighted by atomic mass is 10.1. The molecule has 22 heavy (non-hydrogen) atoms. The van der Waals surface area contributed by atoms with E-state index in [-0.39, 0.29) is 0 Å². The van der Waals surface area contributed by atoms with Gasteiger partial charge >= 0.3 is 0 Å². The molecule has 3 nitrogen and oxygen atoms in total. The number of fused-ring (bicyclic) bond motifs is 3. The minimum atomic E-state index is 0.865. The lowest BCUT2D eigenvalue weighted by molar-refractivity contribution is -0.363. The van der Waals surface area contributed by atoms with Crippen LogP contribution < -0.4 is 10.3 Å². The highest BCUT2D eigenvalue weighted by Crippen LogP contribution is 2.37. The SMILES string of the molecule is C#Cc1cccc(Nc2[nH+]cnc3ccc4c(c23)CCS4)c1. The van der Waals surface area contributed by atoms with E-state index in [1.54, 1.807) is 6.33 Å². The van der Waals surface area contributed by atoms with Gasteiger partial charge < -0.3 is 0 Å². The van der Waals surface area contributed by atoms with Gasteiger partial charge in [0.25, 0.3) is 0 Å². The summed E-state index contributed by atoms with van der Waals surface area (Å²) in [4.78, 5) is 9.06. The molecule has 1 aliphatic rings. The Morgan fingerprint density at radius 2 is 2.23 bits per heavy atom. The minimum absolute atomic E-state index is 0.865. The second kappa shape index (κ2) is 5.36. The predicted molar refractivity (Wildman–Crippen MR) is 90.4 cm³/mol.